The SMILES string of the molecule is O=C1C[C@@H](C(=O)NCc2cn3ccsc3n2)c2cc(F)ccc2N1. The van der Waals surface area contributed by atoms with Crippen molar-refractivity contribution in [3.8, 4) is 0 Å². The molecule has 0 unspecified atom stereocenters. The monoisotopic (exact) mass is 344 g/mol. The number of nitrogens with one attached hydrogen (secondary N) is 2. The average Bonchev–Trinajstić information content (AvgIpc) is 3.13. The summed E-state index contributed by atoms with van der Waals surface area (Å²) in [7, 11) is 0. The molecule has 0 aliphatic carbocycles. The van der Waals surface area contributed by atoms with Gasteiger partial charge in [0.1, 0.15) is 5.82 Å². The van der Waals surface area contributed by atoms with Crippen molar-refractivity contribution in [1.29, 1.82) is 0 Å². The fourth-order valence-corrected chi connectivity index (χ4v) is 3.55. The molecular formula is C16H13FN4O2S. The lowest BCUT2D eigenvalue weighted by atomic mass is 9.89. The number of amides is 2. The van der Waals surface area contributed by atoms with E-state index >= 15 is 0 Å². The van der Waals surface area contributed by atoms with E-state index in [0.717, 1.165) is 10.7 Å². The third-order valence-electron chi connectivity index (χ3n) is 3.96. The van der Waals surface area contributed by atoms with E-state index in [9.17, 15) is 14.0 Å². The Morgan fingerprint density at radius 1 is 1.50 bits per heavy atom. The lowest BCUT2D eigenvalue weighted by Gasteiger charge is -2.24. The van der Waals surface area contributed by atoms with E-state index in [2.05, 4.69) is 15.6 Å². The molecule has 3 heterocycles. The van der Waals surface area contributed by atoms with Gasteiger partial charge in [0.25, 0.3) is 0 Å². The molecule has 0 fully saturated rings. The maximum atomic E-state index is 13.5. The minimum Gasteiger partial charge on any atom is -0.350 e. The normalized spacial score (nSPS) is 16.7. The van der Waals surface area contributed by atoms with Crippen LogP contribution in [0.25, 0.3) is 4.96 Å². The summed E-state index contributed by atoms with van der Waals surface area (Å²) in [5, 5.41) is 7.38. The second-order valence-electron chi connectivity index (χ2n) is 5.58. The summed E-state index contributed by atoms with van der Waals surface area (Å²) >= 11 is 1.51. The Kier molecular flexibility index (Phi) is 3.53. The summed E-state index contributed by atoms with van der Waals surface area (Å²) in [4.78, 5) is 29.5. The number of halogens is 1. The molecule has 1 aromatic carbocycles. The van der Waals surface area contributed by atoms with Gasteiger partial charge >= 0.3 is 0 Å². The Balaban J connectivity index is 1.52. The maximum absolute atomic E-state index is 13.5. The number of imidazole rings is 1. The molecule has 8 heteroatoms. The van der Waals surface area contributed by atoms with Gasteiger partial charge in [-0.3, -0.25) is 14.0 Å². The molecule has 0 radical (unpaired) electrons. The van der Waals surface area contributed by atoms with Crippen LogP contribution in [0.15, 0.2) is 36.0 Å². The van der Waals surface area contributed by atoms with E-state index in [1.54, 1.807) is 0 Å². The van der Waals surface area contributed by atoms with Gasteiger partial charge in [-0.25, -0.2) is 9.37 Å². The van der Waals surface area contributed by atoms with Gasteiger partial charge in [0, 0.05) is 29.9 Å². The van der Waals surface area contributed by atoms with Gasteiger partial charge in [0.05, 0.1) is 18.2 Å². The van der Waals surface area contributed by atoms with Crippen LogP contribution in [-0.2, 0) is 16.1 Å². The predicted molar refractivity (Wildman–Crippen MR) is 87.3 cm³/mol. The van der Waals surface area contributed by atoms with Crippen LogP contribution in [-0.4, -0.2) is 21.2 Å². The van der Waals surface area contributed by atoms with Gasteiger partial charge in [-0.05, 0) is 23.8 Å². The molecule has 4 rings (SSSR count). The highest BCUT2D eigenvalue weighted by Gasteiger charge is 2.31. The van der Waals surface area contributed by atoms with Crippen molar-refractivity contribution in [1.82, 2.24) is 14.7 Å². The molecule has 6 nitrogen and oxygen atoms in total. The highest BCUT2D eigenvalue weighted by Crippen LogP contribution is 2.32. The molecule has 1 atom stereocenters. The van der Waals surface area contributed by atoms with Crippen LogP contribution >= 0.6 is 11.3 Å². The Morgan fingerprint density at radius 3 is 3.21 bits per heavy atom. The summed E-state index contributed by atoms with van der Waals surface area (Å²) in [6, 6.07) is 4.04. The molecule has 0 saturated carbocycles. The van der Waals surface area contributed by atoms with Gasteiger partial charge in [0.15, 0.2) is 4.96 Å². The van der Waals surface area contributed by atoms with Crippen LogP contribution in [0.3, 0.4) is 0 Å². The van der Waals surface area contributed by atoms with Gasteiger partial charge in [-0.15, -0.1) is 11.3 Å². The quantitative estimate of drug-likeness (QED) is 0.765. The summed E-state index contributed by atoms with van der Waals surface area (Å²) in [5.74, 6) is -1.70. The maximum Gasteiger partial charge on any atom is 0.228 e. The molecule has 0 saturated heterocycles. The van der Waals surface area contributed by atoms with Crippen LogP contribution in [0.5, 0.6) is 0 Å². The highest BCUT2D eigenvalue weighted by molar-refractivity contribution is 7.15. The number of anilines is 1. The number of aromatic nitrogens is 2. The first kappa shape index (κ1) is 14.8. The molecule has 122 valence electrons. The first-order chi connectivity index (χ1) is 11.6. The molecule has 2 N–H and O–H groups in total. The minimum absolute atomic E-state index is 0.000562. The van der Waals surface area contributed by atoms with Crippen molar-refractivity contribution in [2.24, 2.45) is 0 Å². The fourth-order valence-electron chi connectivity index (χ4n) is 2.83. The fraction of sp³-hybridized carbons (Fsp3) is 0.188. The molecule has 1 aliphatic heterocycles. The number of carbonyl (C=O) groups is 2. The van der Waals surface area contributed by atoms with Crippen LogP contribution < -0.4 is 10.6 Å². The van der Waals surface area contributed by atoms with Crippen LogP contribution in [0.2, 0.25) is 0 Å². The largest absolute Gasteiger partial charge is 0.350 e. The van der Waals surface area contributed by atoms with E-state index in [4.69, 9.17) is 0 Å². The molecule has 1 aliphatic rings. The number of carbonyl (C=O) groups excluding carboxylic acids is 2. The standard InChI is InChI=1S/C16H13FN4O2S/c17-9-1-2-13-11(5-9)12(6-14(22)20-13)15(23)18-7-10-8-21-3-4-24-16(21)19-10/h1-5,8,12H,6-7H2,(H,18,23)(H,20,22)/t12-/m1/s1. The predicted octanol–water partition coefficient (Wildman–Crippen LogP) is 2.28. The average molecular weight is 344 g/mol. The molecule has 24 heavy (non-hydrogen) atoms. The summed E-state index contributed by atoms with van der Waals surface area (Å²) in [6.45, 7) is 0.260. The van der Waals surface area contributed by atoms with E-state index < -0.39 is 11.7 Å². The first-order valence-electron chi connectivity index (χ1n) is 7.38. The second-order valence-corrected chi connectivity index (χ2v) is 6.45. The summed E-state index contributed by atoms with van der Waals surface area (Å²) < 4.78 is 15.4. The molecule has 0 spiro atoms. The van der Waals surface area contributed by atoms with Crippen molar-refractivity contribution in [2.75, 3.05) is 5.32 Å². The van der Waals surface area contributed by atoms with E-state index in [1.165, 1.54) is 29.5 Å². The van der Waals surface area contributed by atoms with Crippen molar-refractivity contribution in [2.45, 2.75) is 18.9 Å². The van der Waals surface area contributed by atoms with Crippen molar-refractivity contribution in [3.63, 3.8) is 0 Å². The zero-order valence-electron chi connectivity index (χ0n) is 12.5. The number of thiazole rings is 1. The van der Waals surface area contributed by atoms with E-state index in [1.807, 2.05) is 22.2 Å². The number of nitrogens with zero attached hydrogens (tertiary/aromatic N) is 2. The van der Waals surface area contributed by atoms with Crippen molar-refractivity contribution in [3.05, 3.63) is 53.0 Å². The Bertz CT molecular complexity index is 920. The van der Waals surface area contributed by atoms with Gasteiger partial charge in [-0.1, -0.05) is 0 Å². The summed E-state index contributed by atoms with van der Waals surface area (Å²) in [5.41, 5.74) is 1.71. The number of benzene rings is 1. The first-order valence-corrected chi connectivity index (χ1v) is 8.26. The van der Waals surface area contributed by atoms with Gasteiger partial charge in [-0.2, -0.15) is 0 Å². The minimum atomic E-state index is -0.701. The van der Waals surface area contributed by atoms with Gasteiger partial charge < -0.3 is 10.6 Å². The highest BCUT2D eigenvalue weighted by atomic mass is 32.1. The van der Waals surface area contributed by atoms with Crippen LogP contribution in [0, 0.1) is 5.82 Å². The van der Waals surface area contributed by atoms with E-state index in [0.29, 0.717) is 11.3 Å². The molecule has 2 aromatic heterocycles. The van der Waals surface area contributed by atoms with Crippen LogP contribution in [0.1, 0.15) is 23.6 Å². The third kappa shape index (κ3) is 2.65. The summed E-state index contributed by atoms with van der Waals surface area (Å²) in [6.07, 6.45) is 3.73. The third-order valence-corrected chi connectivity index (χ3v) is 4.73. The zero-order valence-corrected chi connectivity index (χ0v) is 13.3. The van der Waals surface area contributed by atoms with E-state index in [-0.39, 0.29) is 24.8 Å². The Morgan fingerprint density at radius 2 is 2.38 bits per heavy atom. The Labute approximate surface area is 140 Å². The second kappa shape index (κ2) is 5.72. The molecular weight excluding hydrogens is 331 g/mol. The van der Waals surface area contributed by atoms with Crippen molar-refractivity contribution < 1.29 is 14.0 Å². The topological polar surface area (TPSA) is 75.5 Å². The lowest BCUT2D eigenvalue weighted by molar-refractivity contribution is -0.126. The number of fused-ring (bicyclic) bond motifs is 2. The lowest BCUT2D eigenvalue weighted by Crippen LogP contribution is -2.34. The van der Waals surface area contributed by atoms with Gasteiger partial charge in [0.2, 0.25) is 11.8 Å². The number of hydrogen-bond acceptors (Lipinski definition) is 4. The molecule has 3 aromatic rings. The Hall–Kier alpha value is -2.74. The number of rotatable bonds is 3. The smallest absolute Gasteiger partial charge is 0.228 e. The number of hydrogen-bond donors (Lipinski definition) is 2. The zero-order chi connectivity index (χ0) is 16.7. The molecule has 2 amide bonds. The van der Waals surface area contributed by atoms with Crippen LogP contribution in [0.4, 0.5) is 10.1 Å². The molecule has 0 bridgehead atoms. The van der Waals surface area contributed by atoms with Crippen molar-refractivity contribution >= 4 is 33.8 Å².